The standard InChI is InChI=1S/C22H24ClN3O2/c1-14-10-15(2)22(19(23)11-14)26(16(3)27)9-8-24-21(28)12-17-13-25-20-7-5-4-6-18(17)20/h4-7,10-11,13,25H,8-9,12H2,1-3H3,(H,24,28). The third-order valence-corrected chi connectivity index (χ3v) is 5.02. The van der Waals surface area contributed by atoms with Gasteiger partial charge in [0, 0.05) is 37.1 Å². The Kier molecular flexibility index (Phi) is 6.05. The molecule has 5 nitrogen and oxygen atoms in total. The van der Waals surface area contributed by atoms with Crippen molar-refractivity contribution in [3.05, 3.63) is 64.3 Å². The third-order valence-electron chi connectivity index (χ3n) is 4.73. The van der Waals surface area contributed by atoms with E-state index in [9.17, 15) is 9.59 Å². The van der Waals surface area contributed by atoms with E-state index in [1.54, 1.807) is 4.90 Å². The third kappa shape index (κ3) is 4.37. The lowest BCUT2D eigenvalue weighted by Gasteiger charge is -2.25. The number of fused-ring (bicyclic) bond motifs is 1. The normalized spacial score (nSPS) is 10.9. The number of benzene rings is 2. The number of aromatic nitrogens is 1. The van der Waals surface area contributed by atoms with Gasteiger partial charge in [-0.25, -0.2) is 0 Å². The van der Waals surface area contributed by atoms with E-state index in [2.05, 4.69) is 10.3 Å². The highest BCUT2D eigenvalue weighted by Crippen LogP contribution is 2.31. The fourth-order valence-electron chi connectivity index (χ4n) is 3.50. The predicted molar refractivity (Wildman–Crippen MR) is 114 cm³/mol. The fraction of sp³-hybridized carbons (Fsp3) is 0.273. The summed E-state index contributed by atoms with van der Waals surface area (Å²) in [5.41, 5.74) is 4.64. The first-order valence-electron chi connectivity index (χ1n) is 9.23. The van der Waals surface area contributed by atoms with E-state index in [4.69, 9.17) is 11.6 Å². The smallest absolute Gasteiger partial charge is 0.224 e. The molecule has 3 aromatic rings. The van der Waals surface area contributed by atoms with Crippen LogP contribution in [0.25, 0.3) is 10.9 Å². The van der Waals surface area contributed by atoms with Gasteiger partial charge < -0.3 is 15.2 Å². The molecule has 1 aromatic heterocycles. The summed E-state index contributed by atoms with van der Waals surface area (Å²) in [6, 6.07) is 11.7. The minimum Gasteiger partial charge on any atom is -0.361 e. The molecule has 0 fully saturated rings. The number of hydrogen-bond donors (Lipinski definition) is 2. The van der Waals surface area contributed by atoms with Gasteiger partial charge >= 0.3 is 0 Å². The molecule has 0 saturated carbocycles. The maximum absolute atomic E-state index is 12.4. The summed E-state index contributed by atoms with van der Waals surface area (Å²) >= 11 is 6.38. The summed E-state index contributed by atoms with van der Waals surface area (Å²) in [6.07, 6.45) is 2.15. The summed E-state index contributed by atoms with van der Waals surface area (Å²) < 4.78 is 0. The Labute approximate surface area is 169 Å². The molecule has 0 aliphatic carbocycles. The Balaban J connectivity index is 1.64. The number of para-hydroxylation sites is 1. The molecule has 2 N–H and O–H groups in total. The first-order chi connectivity index (χ1) is 13.4. The van der Waals surface area contributed by atoms with Crippen LogP contribution in [0.5, 0.6) is 0 Å². The number of nitrogens with one attached hydrogen (secondary N) is 2. The quantitative estimate of drug-likeness (QED) is 0.656. The van der Waals surface area contributed by atoms with Crippen LogP contribution in [-0.4, -0.2) is 29.9 Å². The number of aryl methyl sites for hydroxylation is 2. The highest BCUT2D eigenvalue weighted by atomic mass is 35.5. The molecule has 2 aromatic carbocycles. The second-order valence-corrected chi connectivity index (χ2v) is 7.38. The minimum atomic E-state index is -0.111. The molecular weight excluding hydrogens is 374 g/mol. The molecule has 0 unspecified atom stereocenters. The number of carbonyl (C=O) groups excluding carboxylic acids is 2. The summed E-state index contributed by atoms with van der Waals surface area (Å²) in [5.74, 6) is -0.195. The van der Waals surface area contributed by atoms with Crippen molar-refractivity contribution in [2.75, 3.05) is 18.0 Å². The van der Waals surface area contributed by atoms with Crippen molar-refractivity contribution in [2.45, 2.75) is 27.2 Å². The van der Waals surface area contributed by atoms with Crippen molar-refractivity contribution in [3.8, 4) is 0 Å². The Morgan fingerprint density at radius 3 is 2.64 bits per heavy atom. The highest BCUT2D eigenvalue weighted by Gasteiger charge is 2.18. The van der Waals surface area contributed by atoms with Crippen LogP contribution < -0.4 is 10.2 Å². The molecule has 1 heterocycles. The predicted octanol–water partition coefficient (Wildman–Crippen LogP) is 4.15. The Hall–Kier alpha value is -2.79. The first kappa shape index (κ1) is 20.0. The van der Waals surface area contributed by atoms with Gasteiger partial charge in [-0.05, 0) is 42.7 Å². The number of rotatable bonds is 6. The van der Waals surface area contributed by atoms with Crippen LogP contribution in [0.4, 0.5) is 5.69 Å². The van der Waals surface area contributed by atoms with Gasteiger partial charge in [-0.2, -0.15) is 0 Å². The highest BCUT2D eigenvalue weighted by molar-refractivity contribution is 6.34. The van der Waals surface area contributed by atoms with Crippen molar-refractivity contribution in [1.82, 2.24) is 10.3 Å². The van der Waals surface area contributed by atoms with Gasteiger partial charge in [-0.3, -0.25) is 9.59 Å². The monoisotopic (exact) mass is 397 g/mol. The molecule has 0 atom stereocenters. The van der Waals surface area contributed by atoms with Crippen LogP contribution in [0.15, 0.2) is 42.6 Å². The second-order valence-electron chi connectivity index (χ2n) is 6.97. The van der Waals surface area contributed by atoms with Gasteiger partial charge in [-0.1, -0.05) is 35.9 Å². The van der Waals surface area contributed by atoms with Gasteiger partial charge in [0.15, 0.2) is 0 Å². The SMILES string of the molecule is CC(=O)N(CCNC(=O)Cc1c[nH]c2ccccc12)c1c(C)cc(C)cc1Cl. The maximum Gasteiger partial charge on any atom is 0.224 e. The van der Waals surface area contributed by atoms with E-state index in [-0.39, 0.29) is 18.2 Å². The molecule has 3 rings (SSSR count). The van der Waals surface area contributed by atoms with E-state index in [1.807, 2.05) is 56.4 Å². The molecule has 0 bridgehead atoms. The number of H-pyrrole nitrogens is 1. The molecule has 0 radical (unpaired) electrons. The fourth-order valence-corrected chi connectivity index (χ4v) is 3.92. The summed E-state index contributed by atoms with van der Waals surface area (Å²) in [6.45, 7) is 6.11. The number of hydrogen-bond acceptors (Lipinski definition) is 2. The van der Waals surface area contributed by atoms with Gasteiger partial charge in [-0.15, -0.1) is 0 Å². The van der Waals surface area contributed by atoms with E-state index >= 15 is 0 Å². The number of anilines is 1. The van der Waals surface area contributed by atoms with Crippen molar-refractivity contribution in [1.29, 1.82) is 0 Å². The van der Waals surface area contributed by atoms with Crippen LogP contribution in [0.2, 0.25) is 5.02 Å². The molecule has 0 aliphatic heterocycles. The maximum atomic E-state index is 12.4. The Morgan fingerprint density at radius 2 is 1.93 bits per heavy atom. The van der Waals surface area contributed by atoms with E-state index in [1.165, 1.54) is 6.92 Å². The molecule has 2 amide bonds. The van der Waals surface area contributed by atoms with Crippen LogP contribution in [-0.2, 0) is 16.0 Å². The Morgan fingerprint density at radius 1 is 1.18 bits per heavy atom. The average Bonchev–Trinajstić information content (AvgIpc) is 3.02. The van der Waals surface area contributed by atoms with E-state index < -0.39 is 0 Å². The van der Waals surface area contributed by atoms with Gasteiger partial charge in [0.1, 0.15) is 0 Å². The zero-order valence-corrected chi connectivity index (χ0v) is 17.1. The molecule has 0 spiro atoms. The first-order valence-corrected chi connectivity index (χ1v) is 9.61. The van der Waals surface area contributed by atoms with Crippen LogP contribution >= 0.6 is 11.6 Å². The van der Waals surface area contributed by atoms with Crippen molar-refractivity contribution < 1.29 is 9.59 Å². The molecule has 0 aliphatic rings. The zero-order valence-electron chi connectivity index (χ0n) is 16.3. The summed E-state index contributed by atoms with van der Waals surface area (Å²) in [7, 11) is 0. The lowest BCUT2D eigenvalue weighted by atomic mass is 10.1. The van der Waals surface area contributed by atoms with Crippen LogP contribution in [0, 0.1) is 13.8 Å². The largest absolute Gasteiger partial charge is 0.361 e. The lowest BCUT2D eigenvalue weighted by Crippen LogP contribution is -2.38. The van der Waals surface area contributed by atoms with Crippen LogP contribution in [0.3, 0.4) is 0 Å². The molecule has 6 heteroatoms. The van der Waals surface area contributed by atoms with Crippen LogP contribution in [0.1, 0.15) is 23.6 Å². The second kappa shape index (κ2) is 8.48. The topological polar surface area (TPSA) is 65.2 Å². The Bertz CT molecular complexity index is 1000. The number of amides is 2. The number of nitrogens with zero attached hydrogens (tertiary/aromatic N) is 1. The van der Waals surface area contributed by atoms with E-state index in [0.29, 0.717) is 23.8 Å². The van der Waals surface area contributed by atoms with Crippen molar-refractivity contribution in [2.24, 2.45) is 0 Å². The van der Waals surface area contributed by atoms with Gasteiger partial charge in [0.25, 0.3) is 0 Å². The van der Waals surface area contributed by atoms with E-state index in [0.717, 1.165) is 27.6 Å². The lowest BCUT2D eigenvalue weighted by molar-refractivity contribution is -0.121. The number of halogens is 1. The van der Waals surface area contributed by atoms with Gasteiger partial charge in [0.2, 0.25) is 11.8 Å². The number of carbonyl (C=O) groups is 2. The average molecular weight is 398 g/mol. The molecular formula is C22H24ClN3O2. The number of aromatic amines is 1. The summed E-state index contributed by atoms with van der Waals surface area (Å²) in [4.78, 5) is 29.3. The summed E-state index contributed by atoms with van der Waals surface area (Å²) in [5, 5.41) is 4.49. The van der Waals surface area contributed by atoms with Gasteiger partial charge in [0.05, 0.1) is 17.1 Å². The molecule has 0 saturated heterocycles. The van der Waals surface area contributed by atoms with Crippen molar-refractivity contribution in [3.63, 3.8) is 0 Å². The molecule has 146 valence electrons. The zero-order chi connectivity index (χ0) is 20.3. The minimum absolute atomic E-state index is 0.0834. The van der Waals surface area contributed by atoms with Crippen molar-refractivity contribution >= 4 is 40.0 Å². The molecule has 28 heavy (non-hydrogen) atoms.